The van der Waals surface area contributed by atoms with Gasteiger partial charge in [0, 0.05) is 4.94 Å². The second-order valence-electron chi connectivity index (χ2n) is 0.440. The molecule has 0 aliphatic carbocycles. The van der Waals surface area contributed by atoms with Gasteiger partial charge >= 0.3 is 0 Å². The Kier molecular flexibility index (Phi) is 6.86. The van der Waals surface area contributed by atoms with Crippen LogP contribution < -0.4 is 0 Å². The topological polar surface area (TPSA) is 0 Å². The molecule has 5 heavy (non-hydrogen) atoms. The zero-order valence-electron chi connectivity index (χ0n) is 2.48. The molecular weight excluding hydrogens is 251 g/mol. The highest BCUT2D eigenvalue weighted by Crippen LogP contribution is 2.71. The second-order valence-corrected chi connectivity index (χ2v) is 18.0. The molecule has 0 heterocycles. The fraction of sp³-hybridized carbons (Fsp3) is 0. The van der Waals surface area contributed by atoms with Crippen LogP contribution in [0.1, 0.15) is 0 Å². The predicted octanol–water partition coefficient (Wildman–Crippen LogP) is 2.99. The van der Waals surface area contributed by atoms with E-state index < -0.39 is 0 Å². The molecule has 4 unspecified atom stereocenters. The zero-order valence-corrected chi connectivity index (χ0v) is 8.84. The average molecular weight is 256 g/mol. The molecule has 0 radical (unpaired) electrons. The maximum absolute atomic E-state index is 2.78. The lowest BCUT2D eigenvalue weighted by atomic mass is 29.4. The molecule has 0 rings (SSSR count). The fourth-order valence-corrected chi connectivity index (χ4v) is 0. The van der Waals surface area contributed by atoms with Gasteiger partial charge in [0.05, 0.1) is 0 Å². The lowest BCUT2D eigenvalue weighted by Gasteiger charge is -1.89. The van der Waals surface area contributed by atoms with Gasteiger partial charge in [0.1, 0.15) is 0 Å². The molecule has 0 spiro atoms. The van der Waals surface area contributed by atoms with Gasteiger partial charge in [0.15, 0.2) is 0 Å². The van der Waals surface area contributed by atoms with Crippen LogP contribution >= 0.6 is 52.8 Å². The maximum atomic E-state index is 2.78. The first-order valence-electron chi connectivity index (χ1n) is 0.940. The second kappa shape index (κ2) is 4.61. The molecule has 0 aromatic heterocycles. The highest BCUT2D eigenvalue weighted by Gasteiger charge is 1.81. The van der Waals surface area contributed by atoms with E-state index >= 15 is 0 Å². The van der Waals surface area contributed by atoms with E-state index in [0.29, 0.717) is 0 Å². The third-order valence-corrected chi connectivity index (χ3v) is 14.9. The first-order chi connectivity index (χ1) is 2.27. The molecule has 0 saturated carbocycles. The molecule has 0 fully saturated rings. The van der Waals surface area contributed by atoms with Crippen LogP contribution in [0.3, 0.4) is 0 Å². The van der Waals surface area contributed by atoms with Gasteiger partial charge in [0.25, 0.3) is 0 Å². The monoisotopic (exact) mass is 256 g/mol. The summed E-state index contributed by atoms with van der Waals surface area (Å²) in [6.07, 6.45) is 0. The van der Waals surface area contributed by atoms with Gasteiger partial charge < -0.3 is 0 Å². The number of hydrogen-bond acceptors (Lipinski definition) is 0. The smallest absolute Gasteiger partial charge is 0.00338 e. The van der Waals surface area contributed by atoms with Crippen molar-refractivity contribution in [1.82, 2.24) is 0 Å². The summed E-state index contributed by atoms with van der Waals surface area (Å²) < 4.78 is 0. The molecule has 4 atom stereocenters. The van der Waals surface area contributed by atoms with E-state index in [9.17, 15) is 0 Å². The average Bonchev–Trinajstić information content (AvgIpc) is 1.38. The molecule has 0 aromatic carbocycles. The van der Waals surface area contributed by atoms with Gasteiger partial charge in [-0.05, 0) is 22.0 Å². The maximum Gasteiger partial charge on any atom is 0.00338 e. The molecule has 0 aliphatic heterocycles. The summed E-state index contributed by atoms with van der Waals surface area (Å²) in [5, 5.41) is 0. The SMILES string of the molecule is PPP(P)I. The Bertz CT molecular complexity index is 17.6. The van der Waals surface area contributed by atoms with Crippen molar-refractivity contribution in [2.75, 3.05) is 0 Å². The predicted molar refractivity (Wildman–Crippen MR) is 48.7 cm³/mol. The standard InChI is InChI=1S/H5IP4/c1-5(3)4-2/h4H,2-3H2. The van der Waals surface area contributed by atoms with Crippen LogP contribution in [-0.2, 0) is 0 Å². The van der Waals surface area contributed by atoms with Crippen LogP contribution in [0.15, 0.2) is 0 Å². The van der Waals surface area contributed by atoms with Crippen LogP contribution in [0.25, 0.3) is 0 Å². The Labute approximate surface area is 52.7 Å². The molecule has 0 amide bonds. The van der Waals surface area contributed by atoms with Gasteiger partial charge in [-0.1, -0.05) is 16.9 Å². The summed E-state index contributed by atoms with van der Waals surface area (Å²) in [6.45, 7) is 0. The van der Waals surface area contributed by atoms with Crippen LogP contribution in [0.4, 0.5) is 0 Å². The molecule has 0 aromatic rings. The Morgan fingerprint density at radius 1 is 1.80 bits per heavy atom. The van der Waals surface area contributed by atoms with E-state index in [4.69, 9.17) is 0 Å². The molecule has 0 N–H and O–H groups in total. The molecule has 0 bridgehead atoms. The van der Waals surface area contributed by atoms with Crippen molar-refractivity contribution in [3.8, 4) is 0 Å². The van der Waals surface area contributed by atoms with Crippen LogP contribution in [0, 0.1) is 0 Å². The Morgan fingerprint density at radius 3 is 2.00 bits per heavy atom. The summed E-state index contributed by atoms with van der Waals surface area (Å²) >= 11 is 2.43. The van der Waals surface area contributed by atoms with Crippen molar-refractivity contribution in [3.63, 3.8) is 0 Å². The van der Waals surface area contributed by atoms with Crippen molar-refractivity contribution in [1.29, 1.82) is 0 Å². The first kappa shape index (κ1) is 7.45. The van der Waals surface area contributed by atoms with Crippen LogP contribution in [0.5, 0.6) is 0 Å². The molecule has 0 nitrogen and oxygen atoms in total. The summed E-state index contributed by atoms with van der Waals surface area (Å²) in [7, 11) is 6.54. The summed E-state index contributed by atoms with van der Waals surface area (Å²) in [5.41, 5.74) is 0. The van der Waals surface area contributed by atoms with Crippen molar-refractivity contribution in [2.24, 2.45) is 0 Å². The number of hydrogen-bond donors (Lipinski definition) is 0. The third kappa shape index (κ3) is 6.45. The van der Waals surface area contributed by atoms with Gasteiger partial charge in [-0.3, -0.25) is 0 Å². The van der Waals surface area contributed by atoms with Crippen molar-refractivity contribution in [3.05, 3.63) is 0 Å². The van der Waals surface area contributed by atoms with E-state index in [1.807, 2.05) is 0 Å². The largest absolute Gasteiger partial charge is 0.109 e. The van der Waals surface area contributed by atoms with Gasteiger partial charge in [-0.15, -0.1) is 8.93 Å². The number of rotatable bonds is 1. The first-order valence-corrected chi connectivity index (χ1v) is 10.3. The van der Waals surface area contributed by atoms with E-state index in [-0.39, 0.29) is 4.94 Å². The minimum absolute atomic E-state index is 0.279. The van der Waals surface area contributed by atoms with E-state index in [0.717, 1.165) is 7.96 Å². The summed E-state index contributed by atoms with van der Waals surface area (Å²) in [4.78, 5) is 0.279. The molecular formula is H5IP4. The minimum Gasteiger partial charge on any atom is -0.109 e. The highest BCUT2D eigenvalue weighted by atomic mass is 127. The van der Waals surface area contributed by atoms with E-state index in [1.165, 1.54) is 0 Å². The molecule has 32 valence electrons. The lowest BCUT2D eigenvalue weighted by molar-refractivity contribution is 5.26. The van der Waals surface area contributed by atoms with Gasteiger partial charge in [-0.25, -0.2) is 0 Å². The molecule has 0 aliphatic rings. The van der Waals surface area contributed by atoms with Crippen molar-refractivity contribution in [2.45, 2.75) is 0 Å². The molecule has 5 heteroatoms. The number of halogens is 1. The lowest BCUT2D eigenvalue weighted by Crippen LogP contribution is -0.983. The van der Waals surface area contributed by atoms with Gasteiger partial charge in [0.2, 0.25) is 0 Å². The van der Waals surface area contributed by atoms with Gasteiger partial charge in [-0.2, -0.15) is 0 Å². The van der Waals surface area contributed by atoms with E-state index in [1.54, 1.807) is 0 Å². The highest BCUT2D eigenvalue weighted by molar-refractivity contribution is 14.2. The molecule has 0 saturated heterocycles. The summed E-state index contributed by atoms with van der Waals surface area (Å²) in [6, 6.07) is 0. The third-order valence-electron chi connectivity index (χ3n) is 0.123. The fourth-order valence-electron chi connectivity index (χ4n) is 0. The normalized spacial score (nSPS) is 17.4. The van der Waals surface area contributed by atoms with Crippen molar-refractivity contribution >= 4 is 52.8 Å². The minimum atomic E-state index is 0.279. The Hall–Kier alpha value is 2.45. The van der Waals surface area contributed by atoms with E-state index in [2.05, 4.69) is 39.9 Å². The Balaban J connectivity index is 2.54. The van der Waals surface area contributed by atoms with Crippen LogP contribution in [-0.4, -0.2) is 0 Å². The van der Waals surface area contributed by atoms with Crippen molar-refractivity contribution < 1.29 is 0 Å². The quantitative estimate of drug-likeness (QED) is 0.499. The zero-order chi connectivity index (χ0) is 4.28. The Morgan fingerprint density at radius 2 is 2.00 bits per heavy atom. The summed E-state index contributed by atoms with van der Waals surface area (Å²) in [5.74, 6) is 0. The van der Waals surface area contributed by atoms with Crippen LogP contribution in [0.2, 0.25) is 0 Å².